The van der Waals surface area contributed by atoms with Crippen LogP contribution in [0.1, 0.15) is 31.2 Å². The van der Waals surface area contributed by atoms with Gasteiger partial charge in [-0.05, 0) is 49.4 Å². The van der Waals surface area contributed by atoms with Crippen molar-refractivity contribution in [3.8, 4) is 35.4 Å². The van der Waals surface area contributed by atoms with Gasteiger partial charge in [0.1, 0.15) is 47.4 Å². The number of pyridine rings is 1. The number of alkyl halides is 1. The van der Waals surface area contributed by atoms with Gasteiger partial charge < -0.3 is 20.1 Å². The van der Waals surface area contributed by atoms with Crippen LogP contribution < -0.4 is 15.0 Å². The van der Waals surface area contributed by atoms with Gasteiger partial charge in [-0.15, -0.1) is 6.42 Å². The Kier molecular flexibility index (Phi) is 5.94. The van der Waals surface area contributed by atoms with Crippen LogP contribution in [-0.4, -0.2) is 80.9 Å². The van der Waals surface area contributed by atoms with Gasteiger partial charge in [-0.3, -0.25) is 14.7 Å². The monoisotopic (exact) mass is 600 g/mol. The van der Waals surface area contributed by atoms with Gasteiger partial charge in [-0.1, -0.05) is 12.0 Å². The zero-order chi connectivity index (χ0) is 30.3. The van der Waals surface area contributed by atoms with Gasteiger partial charge in [0.2, 0.25) is 5.91 Å². The van der Waals surface area contributed by atoms with Crippen molar-refractivity contribution in [2.45, 2.75) is 49.5 Å². The molecule has 6 heterocycles. The van der Waals surface area contributed by atoms with Gasteiger partial charge in [0, 0.05) is 42.7 Å². The molecule has 224 valence electrons. The minimum Gasteiger partial charge on any atom is -0.508 e. The largest absolute Gasteiger partial charge is 0.508 e. The number of ether oxygens (including phenoxy) is 1. The van der Waals surface area contributed by atoms with E-state index < -0.39 is 29.4 Å². The Morgan fingerprint density at radius 2 is 2.09 bits per heavy atom. The van der Waals surface area contributed by atoms with Crippen molar-refractivity contribution < 1.29 is 27.8 Å². The molecule has 0 aliphatic carbocycles. The molecule has 8 rings (SSSR count). The Morgan fingerprint density at radius 1 is 1.23 bits per heavy atom. The number of halogens is 3. The molecule has 2 bridgehead atoms. The van der Waals surface area contributed by atoms with Crippen LogP contribution in [0.25, 0.3) is 32.9 Å². The number of aromatic nitrogens is 3. The van der Waals surface area contributed by atoms with Gasteiger partial charge >= 0.3 is 6.01 Å². The number of nitrogens with one attached hydrogen (secondary N) is 1. The molecule has 44 heavy (non-hydrogen) atoms. The highest BCUT2D eigenvalue weighted by Gasteiger charge is 2.50. The number of benzene rings is 2. The third-order valence-electron chi connectivity index (χ3n) is 9.55. The summed E-state index contributed by atoms with van der Waals surface area (Å²) < 4.78 is 52.0. The number of phenolic OH excluding ortho intramolecular Hbond substituents is 1. The van der Waals surface area contributed by atoms with Gasteiger partial charge in [0.05, 0.1) is 16.5 Å². The molecule has 0 radical (unpaired) electrons. The standard InChI is InChI=1S/C32H27F3N6O3/c1-2-20-23(34)5-4-16-8-19(42)10-21(25(16)20)27-26(35)28-22(12-36-27)29(41-14-18-9-24(41)30(43)37-18)39-31(38-28)44-15-32-6-3-7-40(32)13-17(33)11-32/h1,4-5,8,10,12,17-18,24,42H,3,6-7,9,11,13-15H2,(H,37,43)/t17-,18+,24+,32+/m1/s1. The molecule has 9 nitrogen and oxygen atoms in total. The third kappa shape index (κ3) is 3.99. The van der Waals surface area contributed by atoms with Crippen molar-refractivity contribution in [1.82, 2.24) is 25.2 Å². The fraction of sp³-hybridized carbons (Fsp3) is 0.375. The maximum Gasteiger partial charge on any atom is 0.319 e. The van der Waals surface area contributed by atoms with E-state index in [0.29, 0.717) is 37.1 Å². The summed E-state index contributed by atoms with van der Waals surface area (Å²) in [7, 11) is 0. The molecule has 4 saturated heterocycles. The van der Waals surface area contributed by atoms with E-state index in [4.69, 9.17) is 11.2 Å². The van der Waals surface area contributed by atoms with Crippen molar-refractivity contribution in [3.63, 3.8) is 0 Å². The van der Waals surface area contributed by atoms with Crippen LogP contribution in [0, 0.1) is 24.0 Å². The fourth-order valence-electron chi connectivity index (χ4n) is 7.61. The van der Waals surface area contributed by atoms with Crippen LogP contribution in [0.15, 0.2) is 30.5 Å². The summed E-state index contributed by atoms with van der Waals surface area (Å²) in [5.74, 6) is 0.793. The lowest BCUT2D eigenvalue weighted by Crippen LogP contribution is -2.48. The second-order valence-corrected chi connectivity index (χ2v) is 12.1. The van der Waals surface area contributed by atoms with E-state index in [-0.39, 0.29) is 63.4 Å². The number of terminal acetylenes is 1. The van der Waals surface area contributed by atoms with Gasteiger partial charge in [0.15, 0.2) is 5.82 Å². The zero-order valence-electron chi connectivity index (χ0n) is 23.5. The van der Waals surface area contributed by atoms with Crippen molar-refractivity contribution in [2.75, 3.05) is 31.1 Å². The lowest BCUT2D eigenvalue weighted by Gasteiger charge is -2.31. The molecule has 0 spiro atoms. The number of amides is 1. The molecular formula is C32H27F3N6O3. The molecule has 2 aromatic carbocycles. The summed E-state index contributed by atoms with van der Waals surface area (Å²) in [5.41, 5.74) is -0.803. The van der Waals surface area contributed by atoms with Gasteiger partial charge in [-0.2, -0.15) is 9.97 Å². The number of rotatable bonds is 5. The molecule has 2 N–H and O–H groups in total. The lowest BCUT2D eigenvalue weighted by molar-refractivity contribution is -0.121. The number of carbonyl (C=O) groups excluding carboxylic acids is 1. The number of phenols is 1. The number of nitrogens with zero attached hydrogens (tertiary/aromatic N) is 5. The molecular weight excluding hydrogens is 573 g/mol. The van der Waals surface area contributed by atoms with E-state index in [2.05, 4.69) is 31.1 Å². The molecule has 0 saturated carbocycles. The zero-order valence-corrected chi connectivity index (χ0v) is 23.5. The Hall–Kier alpha value is -4.63. The summed E-state index contributed by atoms with van der Waals surface area (Å²) in [6, 6.07) is 4.67. The highest BCUT2D eigenvalue weighted by molar-refractivity contribution is 6.03. The van der Waals surface area contributed by atoms with E-state index in [1.807, 2.05) is 4.90 Å². The van der Waals surface area contributed by atoms with E-state index in [0.717, 1.165) is 19.4 Å². The molecule has 4 atom stereocenters. The minimum atomic E-state index is -0.952. The molecule has 4 aliphatic rings. The first-order valence-electron chi connectivity index (χ1n) is 14.6. The molecule has 1 amide bonds. The normalized spacial score (nSPS) is 26.0. The lowest BCUT2D eigenvalue weighted by atomic mass is 9.95. The Bertz CT molecular complexity index is 1930. The SMILES string of the molecule is C#Cc1c(F)ccc2cc(O)cc(-c3ncc4c(N5C[C@@H]6C[C@H]5C(=O)N6)nc(OC[C@@]56CCCN5C[C@H](F)C6)nc4c3F)c12. The van der Waals surface area contributed by atoms with Crippen molar-refractivity contribution in [2.24, 2.45) is 0 Å². The van der Waals surface area contributed by atoms with Crippen LogP contribution in [-0.2, 0) is 4.79 Å². The Labute approximate surface area is 250 Å². The Balaban J connectivity index is 1.29. The molecule has 4 aromatic rings. The van der Waals surface area contributed by atoms with E-state index in [1.165, 1.54) is 30.5 Å². The summed E-state index contributed by atoms with van der Waals surface area (Å²) in [5, 5.41) is 14.3. The maximum absolute atomic E-state index is 16.7. The summed E-state index contributed by atoms with van der Waals surface area (Å²) in [4.78, 5) is 30.0. The first-order chi connectivity index (χ1) is 21.2. The fourth-order valence-corrected chi connectivity index (χ4v) is 7.61. The maximum atomic E-state index is 16.7. The van der Waals surface area contributed by atoms with Gasteiger partial charge in [-0.25, -0.2) is 13.2 Å². The van der Waals surface area contributed by atoms with E-state index in [1.54, 1.807) is 0 Å². The van der Waals surface area contributed by atoms with Crippen LogP contribution in [0.5, 0.6) is 11.8 Å². The first kappa shape index (κ1) is 27.0. The van der Waals surface area contributed by atoms with E-state index in [9.17, 15) is 18.7 Å². The third-order valence-corrected chi connectivity index (χ3v) is 9.55. The van der Waals surface area contributed by atoms with Crippen LogP contribution in [0.4, 0.5) is 19.0 Å². The van der Waals surface area contributed by atoms with Crippen LogP contribution >= 0.6 is 0 Å². The summed E-state index contributed by atoms with van der Waals surface area (Å²) >= 11 is 0. The number of fused-ring (bicyclic) bond motifs is 5. The average molecular weight is 601 g/mol. The number of aromatic hydroxyl groups is 1. The van der Waals surface area contributed by atoms with Crippen molar-refractivity contribution in [3.05, 3.63) is 47.7 Å². The number of carbonyl (C=O) groups is 1. The average Bonchev–Trinajstić information content (AvgIpc) is 3.75. The second-order valence-electron chi connectivity index (χ2n) is 12.1. The molecule has 12 heteroatoms. The van der Waals surface area contributed by atoms with Crippen molar-refractivity contribution >= 4 is 33.4 Å². The van der Waals surface area contributed by atoms with E-state index >= 15 is 4.39 Å². The summed E-state index contributed by atoms with van der Waals surface area (Å²) in [6.45, 7) is 1.73. The predicted molar refractivity (Wildman–Crippen MR) is 156 cm³/mol. The number of hydrogen-bond donors (Lipinski definition) is 2. The quantitative estimate of drug-likeness (QED) is 0.333. The summed E-state index contributed by atoms with van der Waals surface area (Å²) in [6.07, 6.45) is 8.71. The number of piperazine rings is 1. The van der Waals surface area contributed by atoms with Crippen LogP contribution in [0.2, 0.25) is 0 Å². The van der Waals surface area contributed by atoms with Gasteiger partial charge in [0.25, 0.3) is 0 Å². The molecule has 0 unspecified atom stereocenters. The predicted octanol–water partition coefficient (Wildman–Crippen LogP) is 3.84. The highest BCUT2D eigenvalue weighted by Crippen LogP contribution is 2.42. The second kappa shape index (κ2) is 9.69. The number of hydrogen-bond acceptors (Lipinski definition) is 8. The number of anilines is 1. The Morgan fingerprint density at radius 3 is 2.89 bits per heavy atom. The van der Waals surface area contributed by atoms with Crippen molar-refractivity contribution in [1.29, 1.82) is 0 Å². The molecule has 4 aliphatic heterocycles. The molecule has 2 aromatic heterocycles. The minimum absolute atomic E-state index is 0.0689. The van der Waals surface area contributed by atoms with Crippen LogP contribution in [0.3, 0.4) is 0 Å². The molecule has 4 fully saturated rings. The topological polar surface area (TPSA) is 104 Å². The smallest absolute Gasteiger partial charge is 0.319 e. The first-order valence-corrected chi connectivity index (χ1v) is 14.6. The highest BCUT2D eigenvalue weighted by atomic mass is 19.1.